The number of nitrogens with zero attached hydrogens (tertiary/aromatic N) is 1. The molecule has 3 nitrogen and oxygen atoms in total. The monoisotopic (exact) mass is 302 g/mol. The average molecular weight is 303 g/mol. The van der Waals surface area contributed by atoms with Crippen LogP contribution in [0.2, 0.25) is 0 Å². The third kappa shape index (κ3) is 1.99. The summed E-state index contributed by atoms with van der Waals surface area (Å²) in [6.45, 7) is 0. The molecule has 0 fully saturated rings. The van der Waals surface area contributed by atoms with Crippen LogP contribution in [-0.2, 0) is 0 Å². The minimum absolute atomic E-state index is 0.638. The van der Waals surface area contributed by atoms with Gasteiger partial charge >= 0.3 is 0 Å². The summed E-state index contributed by atoms with van der Waals surface area (Å²) in [7, 11) is 1.88. The molecule has 0 bridgehead atoms. The lowest BCUT2D eigenvalue weighted by atomic mass is 10.2. The number of hydrogen-bond acceptors (Lipinski definition) is 3. The first-order chi connectivity index (χ1) is 8.76. The first-order valence-electron chi connectivity index (χ1n) is 5.60. The second-order valence-electron chi connectivity index (χ2n) is 3.96. The van der Waals surface area contributed by atoms with E-state index in [1.54, 1.807) is 0 Å². The molecule has 90 valence electrons. The number of aromatic nitrogens is 1. The molecule has 0 unspecified atom stereocenters. The smallest absolute Gasteiger partial charge is 0.227 e. The Labute approximate surface area is 113 Å². The maximum Gasteiger partial charge on any atom is 0.227 e. The zero-order valence-electron chi connectivity index (χ0n) is 9.77. The fourth-order valence-corrected chi connectivity index (χ4v) is 2.22. The summed E-state index contributed by atoms with van der Waals surface area (Å²) in [5, 5.41) is 3.08. The third-order valence-corrected chi connectivity index (χ3v) is 3.24. The minimum atomic E-state index is 0.638. The Morgan fingerprint density at radius 3 is 2.83 bits per heavy atom. The normalized spacial score (nSPS) is 10.8. The first kappa shape index (κ1) is 11.3. The molecule has 0 aliphatic carbocycles. The van der Waals surface area contributed by atoms with Gasteiger partial charge in [-0.3, -0.25) is 0 Å². The molecular formula is C14H11BrN2O. The summed E-state index contributed by atoms with van der Waals surface area (Å²) in [6.07, 6.45) is 0. The number of nitrogens with one attached hydrogen (secondary N) is 1. The predicted octanol–water partition coefficient (Wildman–Crippen LogP) is 4.30. The minimum Gasteiger partial charge on any atom is -0.436 e. The van der Waals surface area contributed by atoms with E-state index >= 15 is 0 Å². The molecule has 2 aromatic carbocycles. The number of oxazole rings is 1. The number of benzene rings is 2. The summed E-state index contributed by atoms with van der Waals surface area (Å²) in [5.41, 5.74) is 3.63. The van der Waals surface area contributed by atoms with Crippen molar-refractivity contribution in [3.05, 3.63) is 46.9 Å². The van der Waals surface area contributed by atoms with Crippen LogP contribution in [0.1, 0.15) is 0 Å². The predicted molar refractivity (Wildman–Crippen MR) is 76.7 cm³/mol. The van der Waals surface area contributed by atoms with Gasteiger partial charge in [-0.25, -0.2) is 4.98 Å². The van der Waals surface area contributed by atoms with Gasteiger partial charge in [-0.15, -0.1) is 0 Å². The van der Waals surface area contributed by atoms with E-state index in [0.29, 0.717) is 5.89 Å². The quantitative estimate of drug-likeness (QED) is 0.767. The van der Waals surface area contributed by atoms with Crippen LogP contribution in [0.4, 0.5) is 5.69 Å². The molecule has 0 atom stereocenters. The standard InChI is InChI=1S/C14H11BrN2O/c1-16-11-5-6-12-13(8-11)18-14(17-12)9-3-2-4-10(15)7-9/h2-8,16H,1H3. The number of rotatable bonds is 2. The topological polar surface area (TPSA) is 38.1 Å². The van der Waals surface area contributed by atoms with Gasteiger partial charge in [0.05, 0.1) is 0 Å². The lowest BCUT2D eigenvalue weighted by Crippen LogP contribution is -1.85. The van der Waals surface area contributed by atoms with Gasteiger partial charge < -0.3 is 9.73 Å². The van der Waals surface area contributed by atoms with Gasteiger partial charge in [-0.1, -0.05) is 22.0 Å². The summed E-state index contributed by atoms with van der Waals surface area (Å²) in [6, 6.07) is 13.8. The Morgan fingerprint density at radius 1 is 1.17 bits per heavy atom. The van der Waals surface area contributed by atoms with Crippen molar-refractivity contribution in [2.75, 3.05) is 12.4 Å². The second kappa shape index (κ2) is 4.46. The largest absolute Gasteiger partial charge is 0.436 e. The van der Waals surface area contributed by atoms with E-state index < -0.39 is 0 Å². The zero-order valence-corrected chi connectivity index (χ0v) is 11.4. The highest BCUT2D eigenvalue weighted by Gasteiger charge is 2.08. The van der Waals surface area contributed by atoms with Crippen LogP contribution in [0.15, 0.2) is 51.4 Å². The van der Waals surface area contributed by atoms with Gasteiger partial charge in [0.2, 0.25) is 5.89 Å². The van der Waals surface area contributed by atoms with Crippen molar-refractivity contribution in [2.45, 2.75) is 0 Å². The van der Waals surface area contributed by atoms with E-state index in [0.717, 1.165) is 26.8 Å². The van der Waals surface area contributed by atoms with Crippen LogP contribution in [0.25, 0.3) is 22.6 Å². The molecular weight excluding hydrogens is 292 g/mol. The molecule has 1 heterocycles. The van der Waals surface area contributed by atoms with Crippen LogP contribution in [0.5, 0.6) is 0 Å². The number of hydrogen-bond donors (Lipinski definition) is 1. The average Bonchev–Trinajstić information content (AvgIpc) is 2.81. The first-order valence-corrected chi connectivity index (χ1v) is 6.40. The van der Waals surface area contributed by atoms with Crippen molar-refractivity contribution >= 4 is 32.7 Å². The lowest BCUT2D eigenvalue weighted by Gasteiger charge is -1.96. The lowest BCUT2D eigenvalue weighted by molar-refractivity contribution is 0.620. The van der Waals surface area contributed by atoms with E-state index in [-0.39, 0.29) is 0 Å². The van der Waals surface area contributed by atoms with Gasteiger partial charge in [0, 0.05) is 28.8 Å². The number of fused-ring (bicyclic) bond motifs is 1. The van der Waals surface area contributed by atoms with Gasteiger partial charge in [-0.2, -0.15) is 0 Å². The van der Waals surface area contributed by atoms with Crippen LogP contribution in [-0.4, -0.2) is 12.0 Å². The van der Waals surface area contributed by atoms with E-state index in [9.17, 15) is 0 Å². The van der Waals surface area contributed by atoms with Crippen LogP contribution in [0.3, 0.4) is 0 Å². The molecule has 0 aliphatic rings. The Morgan fingerprint density at radius 2 is 2.06 bits per heavy atom. The molecule has 0 radical (unpaired) electrons. The van der Waals surface area contributed by atoms with Crippen LogP contribution < -0.4 is 5.32 Å². The molecule has 18 heavy (non-hydrogen) atoms. The molecule has 0 spiro atoms. The Bertz CT molecular complexity index is 706. The molecule has 3 aromatic rings. The Balaban J connectivity index is 2.13. The maximum absolute atomic E-state index is 5.78. The number of anilines is 1. The molecule has 0 amide bonds. The van der Waals surface area contributed by atoms with Gasteiger partial charge in [0.1, 0.15) is 5.52 Å². The molecule has 0 saturated heterocycles. The molecule has 0 saturated carbocycles. The van der Waals surface area contributed by atoms with Crippen molar-refractivity contribution in [3.63, 3.8) is 0 Å². The molecule has 0 aliphatic heterocycles. The number of halogens is 1. The van der Waals surface area contributed by atoms with Gasteiger partial charge in [0.25, 0.3) is 0 Å². The van der Waals surface area contributed by atoms with Crippen molar-refractivity contribution in [1.29, 1.82) is 0 Å². The molecule has 1 N–H and O–H groups in total. The zero-order chi connectivity index (χ0) is 12.5. The van der Waals surface area contributed by atoms with Crippen LogP contribution in [0, 0.1) is 0 Å². The Kier molecular flexibility index (Phi) is 2.80. The van der Waals surface area contributed by atoms with Crippen LogP contribution >= 0.6 is 15.9 Å². The summed E-state index contributed by atoms with van der Waals surface area (Å²) < 4.78 is 6.79. The fourth-order valence-electron chi connectivity index (χ4n) is 1.83. The molecule has 3 rings (SSSR count). The third-order valence-electron chi connectivity index (χ3n) is 2.75. The van der Waals surface area contributed by atoms with E-state index in [1.165, 1.54) is 0 Å². The van der Waals surface area contributed by atoms with Crippen molar-refractivity contribution in [3.8, 4) is 11.5 Å². The summed E-state index contributed by atoms with van der Waals surface area (Å²) in [4.78, 5) is 4.48. The van der Waals surface area contributed by atoms with Crippen molar-refractivity contribution < 1.29 is 4.42 Å². The SMILES string of the molecule is CNc1ccc2nc(-c3cccc(Br)c3)oc2c1. The molecule has 1 aromatic heterocycles. The highest BCUT2D eigenvalue weighted by molar-refractivity contribution is 9.10. The highest BCUT2D eigenvalue weighted by Crippen LogP contribution is 2.27. The van der Waals surface area contributed by atoms with E-state index in [2.05, 4.69) is 26.2 Å². The van der Waals surface area contributed by atoms with E-state index in [4.69, 9.17) is 4.42 Å². The van der Waals surface area contributed by atoms with E-state index in [1.807, 2.05) is 49.5 Å². The molecule has 4 heteroatoms. The van der Waals surface area contributed by atoms with Gasteiger partial charge in [0.15, 0.2) is 5.58 Å². The maximum atomic E-state index is 5.78. The Hall–Kier alpha value is -1.81. The van der Waals surface area contributed by atoms with Gasteiger partial charge in [-0.05, 0) is 30.3 Å². The van der Waals surface area contributed by atoms with Crippen molar-refractivity contribution in [1.82, 2.24) is 4.98 Å². The fraction of sp³-hybridized carbons (Fsp3) is 0.0714. The highest BCUT2D eigenvalue weighted by atomic mass is 79.9. The summed E-state index contributed by atoms with van der Waals surface area (Å²) in [5.74, 6) is 0.638. The summed E-state index contributed by atoms with van der Waals surface area (Å²) >= 11 is 3.45. The second-order valence-corrected chi connectivity index (χ2v) is 4.88. The van der Waals surface area contributed by atoms with Crippen molar-refractivity contribution in [2.24, 2.45) is 0 Å².